The molecule has 148 valence electrons. The van der Waals surface area contributed by atoms with Crippen molar-refractivity contribution in [2.45, 2.75) is 63.8 Å². The number of rotatable bonds is 4. The Hall–Kier alpha value is -1.39. The third-order valence-corrected chi connectivity index (χ3v) is 9.68. The number of ether oxygens (including phenoxy) is 1. The van der Waals surface area contributed by atoms with Crippen LogP contribution in [0.1, 0.15) is 33.4 Å². The van der Waals surface area contributed by atoms with Gasteiger partial charge in [0, 0.05) is 12.3 Å². The predicted molar refractivity (Wildman–Crippen MR) is 92.5 cm³/mol. The third kappa shape index (κ3) is 4.47. The van der Waals surface area contributed by atoms with Crippen LogP contribution in [0.5, 0.6) is 0 Å². The number of hydrogen-bond donors (Lipinski definition) is 1. The smallest absolute Gasteiger partial charge is 0.396 e. The maximum Gasteiger partial charge on any atom is 0.396 e. The van der Waals surface area contributed by atoms with E-state index in [1.54, 1.807) is 0 Å². The lowest BCUT2D eigenvalue weighted by Crippen LogP contribution is -2.42. The Balaban J connectivity index is 2.22. The first-order valence-corrected chi connectivity index (χ1v) is 11.3. The van der Waals surface area contributed by atoms with E-state index >= 15 is 0 Å². The molecular formula is C16H25F3N2O4Si. The molecule has 1 aromatic heterocycles. The molecule has 2 rings (SSSR count). The van der Waals surface area contributed by atoms with Gasteiger partial charge in [0.15, 0.2) is 8.32 Å². The second-order valence-corrected chi connectivity index (χ2v) is 12.9. The van der Waals surface area contributed by atoms with Crippen LogP contribution in [0.2, 0.25) is 18.1 Å². The number of alkyl halides is 3. The standard InChI is InChI=1S/C16H25F3N2O4Si/c1-15(2,3)26(4,5)24-9-10-8-11(16(17,18)19)13(25-10)21-7-6-12(22)20-14(21)23/h6-7,10-11,13H,8-9H2,1-5H3,(H,20,22,23)/t10-,11-,13+/m0/s1. The van der Waals surface area contributed by atoms with E-state index in [1.165, 1.54) is 0 Å². The molecule has 0 bridgehead atoms. The van der Waals surface area contributed by atoms with Crippen LogP contribution in [0.25, 0.3) is 0 Å². The molecule has 0 amide bonds. The van der Waals surface area contributed by atoms with Gasteiger partial charge in [0.2, 0.25) is 0 Å². The zero-order chi connectivity index (χ0) is 19.9. The Kier molecular flexibility index (Phi) is 5.61. The highest BCUT2D eigenvalue weighted by Gasteiger charge is 2.52. The van der Waals surface area contributed by atoms with E-state index in [2.05, 4.69) is 0 Å². The van der Waals surface area contributed by atoms with Crippen LogP contribution >= 0.6 is 0 Å². The number of nitrogens with one attached hydrogen (secondary N) is 1. The molecule has 1 aromatic rings. The van der Waals surface area contributed by atoms with Gasteiger partial charge in [-0.05, 0) is 24.6 Å². The van der Waals surface area contributed by atoms with Crippen LogP contribution in [0.15, 0.2) is 21.9 Å². The monoisotopic (exact) mass is 394 g/mol. The minimum atomic E-state index is -4.54. The highest BCUT2D eigenvalue weighted by molar-refractivity contribution is 6.74. The summed E-state index contributed by atoms with van der Waals surface area (Å²) in [7, 11) is -2.14. The zero-order valence-corrected chi connectivity index (χ0v) is 16.5. The lowest BCUT2D eigenvalue weighted by atomic mass is 10.0. The number of nitrogens with zero attached hydrogens (tertiary/aromatic N) is 1. The van der Waals surface area contributed by atoms with Crippen molar-refractivity contribution in [3.63, 3.8) is 0 Å². The first-order chi connectivity index (χ1) is 11.7. The lowest BCUT2D eigenvalue weighted by Gasteiger charge is -2.36. The van der Waals surface area contributed by atoms with Crippen LogP contribution in [0.4, 0.5) is 13.2 Å². The molecule has 1 aliphatic heterocycles. The molecule has 2 heterocycles. The van der Waals surface area contributed by atoms with Gasteiger partial charge in [0.25, 0.3) is 5.56 Å². The van der Waals surface area contributed by atoms with Crippen molar-refractivity contribution in [2.24, 2.45) is 5.92 Å². The molecule has 6 nitrogen and oxygen atoms in total. The first-order valence-electron chi connectivity index (χ1n) is 8.40. The quantitative estimate of drug-likeness (QED) is 0.797. The van der Waals surface area contributed by atoms with Gasteiger partial charge in [-0.25, -0.2) is 4.79 Å². The second kappa shape index (κ2) is 6.97. The Bertz CT molecular complexity index is 751. The van der Waals surface area contributed by atoms with E-state index in [0.717, 1.165) is 16.8 Å². The fourth-order valence-corrected chi connectivity index (χ4v) is 3.59. The van der Waals surface area contributed by atoms with E-state index in [9.17, 15) is 22.8 Å². The molecule has 0 aliphatic carbocycles. The largest absolute Gasteiger partial charge is 0.414 e. The normalized spacial score (nSPS) is 24.8. The van der Waals surface area contributed by atoms with Gasteiger partial charge in [-0.15, -0.1) is 0 Å². The SMILES string of the molecule is CC(C)(C)[Si](C)(C)OC[C@@H]1C[C@H](C(F)(F)F)[C@H](n2ccc(=O)[nH]c2=O)O1. The minimum absolute atomic E-state index is 0.0394. The van der Waals surface area contributed by atoms with E-state index in [0.29, 0.717) is 0 Å². The summed E-state index contributed by atoms with van der Waals surface area (Å²) < 4.78 is 52.6. The average Bonchev–Trinajstić information content (AvgIpc) is 2.88. The van der Waals surface area contributed by atoms with E-state index in [4.69, 9.17) is 9.16 Å². The second-order valence-electron chi connectivity index (χ2n) is 8.12. The van der Waals surface area contributed by atoms with Crippen molar-refractivity contribution in [1.29, 1.82) is 0 Å². The van der Waals surface area contributed by atoms with Gasteiger partial charge in [-0.1, -0.05) is 20.8 Å². The summed E-state index contributed by atoms with van der Waals surface area (Å²) in [6.45, 7) is 10.2. The van der Waals surface area contributed by atoms with Gasteiger partial charge in [-0.3, -0.25) is 14.3 Å². The molecule has 3 atom stereocenters. The average molecular weight is 394 g/mol. The molecular weight excluding hydrogens is 369 g/mol. The van der Waals surface area contributed by atoms with Gasteiger partial charge < -0.3 is 9.16 Å². The van der Waals surface area contributed by atoms with E-state index in [-0.39, 0.29) is 18.1 Å². The molecule has 1 fully saturated rings. The molecule has 26 heavy (non-hydrogen) atoms. The molecule has 10 heteroatoms. The maximum absolute atomic E-state index is 13.4. The minimum Gasteiger partial charge on any atom is -0.414 e. The van der Waals surface area contributed by atoms with Crippen molar-refractivity contribution >= 4 is 8.32 Å². The highest BCUT2D eigenvalue weighted by Crippen LogP contribution is 2.45. The van der Waals surface area contributed by atoms with Crippen molar-refractivity contribution in [3.8, 4) is 0 Å². The third-order valence-electron chi connectivity index (χ3n) is 5.17. The van der Waals surface area contributed by atoms with Crippen LogP contribution in [0.3, 0.4) is 0 Å². The first kappa shape index (κ1) is 20.9. The molecule has 0 aromatic carbocycles. The van der Waals surface area contributed by atoms with Gasteiger partial charge >= 0.3 is 11.9 Å². The van der Waals surface area contributed by atoms with Gasteiger partial charge in [0.05, 0.1) is 12.7 Å². The topological polar surface area (TPSA) is 73.3 Å². The summed E-state index contributed by atoms with van der Waals surface area (Å²) in [5.74, 6) is -1.85. The van der Waals surface area contributed by atoms with Crippen molar-refractivity contribution in [1.82, 2.24) is 9.55 Å². The molecule has 0 radical (unpaired) electrons. The molecule has 1 saturated heterocycles. The number of H-pyrrole nitrogens is 1. The lowest BCUT2D eigenvalue weighted by molar-refractivity contribution is -0.198. The van der Waals surface area contributed by atoms with Crippen LogP contribution in [-0.2, 0) is 9.16 Å². The Morgan fingerprint density at radius 2 is 1.92 bits per heavy atom. The van der Waals surface area contributed by atoms with Crippen molar-refractivity contribution in [3.05, 3.63) is 33.1 Å². The Morgan fingerprint density at radius 3 is 2.42 bits per heavy atom. The predicted octanol–water partition coefficient (Wildman–Crippen LogP) is 3.02. The summed E-state index contributed by atoms with van der Waals surface area (Å²) in [4.78, 5) is 25.0. The summed E-state index contributed by atoms with van der Waals surface area (Å²) in [6.07, 6.45) is -6.10. The van der Waals surface area contributed by atoms with Crippen LogP contribution < -0.4 is 11.2 Å². The van der Waals surface area contributed by atoms with E-state index < -0.39 is 44.0 Å². The fraction of sp³-hybridized carbons (Fsp3) is 0.750. The molecule has 0 spiro atoms. The van der Waals surface area contributed by atoms with E-state index in [1.807, 2.05) is 38.8 Å². The van der Waals surface area contributed by atoms with Crippen LogP contribution in [0, 0.1) is 5.92 Å². The molecule has 1 aliphatic rings. The number of halogens is 3. The van der Waals surface area contributed by atoms with Crippen molar-refractivity contribution < 1.29 is 22.3 Å². The molecule has 1 N–H and O–H groups in total. The summed E-state index contributed by atoms with van der Waals surface area (Å²) in [6, 6.07) is 0.998. The van der Waals surface area contributed by atoms with Crippen molar-refractivity contribution in [2.75, 3.05) is 6.61 Å². The molecule has 0 saturated carbocycles. The van der Waals surface area contributed by atoms with Crippen LogP contribution in [-0.4, -0.2) is 36.8 Å². The maximum atomic E-state index is 13.4. The molecule has 0 unspecified atom stereocenters. The van der Waals surface area contributed by atoms with Gasteiger partial charge in [-0.2, -0.15) is 13.2 Å². The fourth-order valence-electron chi connectivity index (χ4n) is 2.55. The van der Waals surface area contributed by atoms with Gasteiger partial charge in [0.1, 0.15) is 12.1 Å². The Labute approximate surface area is 150 Å². The summed E-state index contributed by atoms with van der Waals surface area (Å²) >= 11 is 0. The number of aromatic amines is 1. The highest BCUT2D eigenvalue weighted by atomic mass is 28.4. The zero-order valence-electron chi connectivity index (χ0n) is 15.5. The summed E-state index contributed by atoms with van der Waals surface area (Å²) in [5.41, 5.74) is -1.60. The summed E-state index contributed by atoms with van der Waals surface area (Å²) in [5, 5.41) is -0.0791. The number of hydrogen-bond acceptors (Lipinski definition) is 4. The Morgan fingerprint density at radius 1 is 1.31 bits per heavy atom. The number of aromatic nitrogens is 2.